The van der Waals surface area contributed by atoms with Crippen molar-refractivity contribution >= 4 is 27.1 Å². The van der Waals surface area contributed by atoms with Crippen molar-refractivity contribution in [3.05, 3.63) is 53.6 Å². The molecule has 1 atom stereocenters. The third-order valence-corrected chi connectivity index (χ3v) is 6.62. The van der Waals surface area contributed by atoms with Crippen molar-refractivity contribution < 1.29 is 12.8 Å². The molecule has 1 saturated heterocycles. The molecule has 0 radical (unpaired) electrons. The van der Waals surface area contributed by atoms with Crippen molar-refractivity contribution in [2.24, 2.45) is 0 Å². The van der Waals surface area contributed by atoms with Crippen molar-refractivity contribution in [2.75, 3.05) is 18.0 Å². The Labute approximate surface area is 159 Å². The Balaban J connectivity index is 1.50. The number of anilines is 1. The van der Waals surface area contributed by atoms with E-state index in [0.717, 1.165) is 41.6 Å². The molecule has 142 valence electrons. The van der Waals surface area contributed by atoms with Crippen molar-refractivity contribution in [3.8, 4) is 0 Å². The first-order chi connectivity index (χ1) is 12.9. The molecule has 1 N–H and O–H groups in total. The molecule has 4 rings (SSSR count). The van der Waals surface area contributed by atoms with Crippen LogP contribution in [0.25, 0.3) is 11.1 Å². The molecule has 2 heterocycles. The second-order valence-corrected chi connectivity index (χ2v) is 8.82. The van der Waals surface area contributed by atoms with E-state index in [9.17, 15) is 8.42 Å². The van der Waals surface area contributed by atoms with Gasteiger partial charge >= 0.3 is 0 Å². The van der Waals surface area contributed by atoms with Crippen LogP contribution in [0.3, 0.4) is 0 Å². The third kappa shape index (κ3) is 3.57. The van der Waals surface area contributed by atoms with Crippen molar-refractivity contribution in [1.82, 2.24) is 9.71 Å². The Morgan fingerprint density at radius 3 is 2.78 bits per heavy atom. The van der Waals surface area contributed by atoms with E-state index in [1.165, 1.54) is 0 Å². The molecule has 1 aliphatic heterocycles. The molecule has 0 saturated carbocycles. The second-order valence-electron chi connectivity index (χ2n) is 7.05. The van der Waals surface area contributed by atoms with Crippen LogP contribution in [0.5, 0.6) is 0 Å². The van der Waals surface area contributed by atoms with Crippen LogP contribution in [-0.2, 0) is 10.0 Å². The van der Waals surface area contributed by atoms with E-state index in [2.05, 4.69) is 14.6 Å². The largest absolute Gasteiger partial charge is 0.423 e. The molecule has 0 spiro atoms. The highest BCUT2D eigenvalue weighted by atomic mass is 32.2. The SMILES string of the molecule is Cc1ccc(S(=O)(=O)NCC2CCCN2c2nc3ccccc3o2)cc1C. The molecule has 0 amide bonds. The highest BCUT2D eigenvalue weighted by molar-refractivity contribution is 7.89. The number of aryl methyl sites for hydroxylation is 2. The summed E-state index contributed by atoms with van der Waals surface area (Å²) in [6.45, 7) is 5.02. The Kier molecular flexibility index (Phi) is 4.65. The van der Waals surface area contributed by atoms with Crippen molar-refractivity contribution in [1.29, 1.82) is 0 Å². The minimum absolute atomic E-state index is 0.0272. The number of oxazole rings is 1. The second kappa shape index (κ2) is 6.98. The summed E-state index contributed by atoms with van der Waals surface area (Å²) >= 11 is 0. The molecule has 3 aromatic rings. The number of para-hydroxylation sites is 2. The summed E-state index contributed by atoms with van der Waals surface area (Å²) in [4.78, 5) is 6.91. The molecule has 0 aliphatic carbocycles. The maximum Gasteiger partial charge on any atom is 0.298 e. The number of rotatable bonds is 5. The highest BCUT2D eigenvalue weighted by Gasteiger charge is 2.29. The van der Waals surface area contributed by atoms with Gasteiger partial charge in [-0.25, -0.2) is 13.1 Å². The van der Waals surface area contributed by atoms with Gasteiger partial charge in [-0.2, -0.15) is 4.98 Å². The van der Waals surface area contributed by atoms with E-state index in [1.54, 1.807) is 12.1 Å². The number of sulfonamides is 1. The zero-order chi connectivity index (χ0) is 19.0. The van der Waals surface area contributed by atoms with Gasteiger partial charge in [0.1, 0.15) is 5.52 Å². The molecule has 1 aliphatic rings. The first-order valence-corrected chi connectivity index (χ1v) is 10.6. The minimum Gasteiger partial charge on any atom is -0.423 e. The predicted octanol–water partition coefficient (Wildman–Crippen LogP) is 3.39. The molecule has 0 bridgehead atoms. The Morgan fingerprint density at radius 1 is 1.19 bits per heavy atom. The summed E-state index contributed by atoms with van der Waals surface area (Å²) in [5.74, 6) is 0. The van der Waals surface area contributed by atoms with Gasteiger partial charge in [-0.05, 0) is 62.1 Å². The van der Waals surface area contributed by atoms with Crippen molar-refractivity contribution in [2.45, 2.75) is 37.6 Å². The van der Waals surface area contributed by atoms with Crippen LogP contribution in [0.4, 0.5) is 6.01 Å². The zero-order valence-corrected chi connectivity index (χ0v) is 16.3. The standard InChI is InChI=1S/C20H23N3O3S/c1-14-9-10-17(12-15(14)2)27(24,25)21-13-16-6-5-11-23(16)20-22-18-7-3-4-8-19(18)26-20/h3-4,7-10,12,16,21H,5-6,11,13H2,1-2H3. The van der Waals surface area contributed by atoms with E-state index in [-0.39, 0.29) is 6.04 Å². The molecule has 1 aromatic heterocycles. The average molecular weight is 385 g/mol. The molecule has 27 heavy (non-hydrogen) atoms. The van der Waals surface area contributed by atoms with E-state index >= 15 is 0 Å². The van der Waals surface area contributed by atoms with Gasteiger partial charge in [0.05, 0.1) is 4.90 Å². The van der Waals surface area contributed by atoms with Crippen LogP contribution in [0.15, 0.2) is 51.8 Å². The maximum atomic E-state index is 12.7. The molecule has 1 fully saturated rings. The number of hydrogen-bond donors (Lipinski definition) is 1. The number of hydrogen-bond acceptors (Lipinski definition) is 5. The molecule has 1 unspecified atom stereocenters. The van der Waals surface area contributed by atoms with Gasteiger partial charge in [-0.15, -0.1) is 0 Å². The van der Waals surface area contributed by atoms with E-state index in [4.69, 9.17) is 4.42 Å². The lowest BCUT2D eigenvalue weighted by Crippen LogP contribution is -2.40. The number of fused-ring (bicyclic) bond motifs is 1. The first-order valence-electron chi connectivity index (χ1n) is 9.13. The van der Waals surface area contributed by atoms with Gasteiger partial charge in [0.2, 0.25) is 10.0 Å². The van der Waals surface area contributed by atoms with Crippen LogP contribution in [0.1, 0.15) is 24.0 Å². The minimum atomic E-state index is -3.54. The Hall–Kier alpha value is -2.38. The van der Waals surface area contributed by atoms with Crippen LogP contribution in [-0.4, -0.2) is 32.5 Å². The van der Waals surface area contributed by atoms with Gasteiger partial charge in [0.25, 0.3) is 6.01 Å². The molecule has 6 nitrogen and oxygen atoms in total. The summed E-state index contributed by atoms with van der Waals surface area (Å²) in [5, 5.41) is 0. The van der Waals surface area contributed by atoms with Crippen molar-refractivity contribution in [3.63, 3.8) is 0 Å². The Bertz CT molecular complexity index is 1040. The van der Waals surface area contributed by atoms with Gasteiger partial charge in [0, 0.05) is 19.1 Å². The normalized spacial score (nSPS) is 17.7. The van der Waals surface area contributed by atoms with E-state index in [0.29, 0.717) is 17.5 Å². The summed E-state index contributed by atoms with van der Waals surface area (Å²) in [5.41, 5.74) is 3.60. The lowest BCUT2D eigenvalue weighted by molar-refractivity contribution is 0.534. The number of nitrogens with one attached hydrogen (secondary N) is 1. The number of aromatic nitrogens is 1. The topological polar surface area (TPSA) is 75.4 Å². The fourth-order valence-corrected chi connectivity index (χ4v) is 4.61. The van der Waals surface area contributed by atoms with Gasteiger partial charge in [-0.3, -0.25) is 0 Å². The number of benzene rings is 2. The summed E-state index contributed by atoms with van der Waals surface area (Å²) in [7, 11) is -3.54. The third-order valence-electron chi connectivity index (χ3n) is 5.20. The fraction of sp³-hybridized carbons (Fsp3) is 0.350. The maximum absolute atomic E-state index is 12.7. The van der Waals surface area contributed by atoms with Crippen LogP contribution in [0, 0.1) is 13.8 Å². The van der Waals surface area contributed by atoms with Crippen LogP contribution >= 0.6 is 0 Å². The van der Waals surface area contributed by atoms with E-state index in [1.807, 2.05) is 44.2 Å². The lowest BCUT2D eigenvalue weighted by atomic mass is 10.1. The van der Waals surface area contributed by atoms with Gasteiger partial charge in [-0.1, -0.05) is 18.2 Å². The summed E-state index contributed by atoms with van der Waals surface area (Å²) in [6, 6.07) is 13.4. The Morgan fingerprint density at radius 2 is 2.00 bits per heavy atom. The fourth-order valence-electron chi connectivity index (χ4n) is 3.45. The quantitative estimate of drug-likeness (QED) is 0.729. The van der Waals surface area contributed by atoms with Crippen LogP contribution < -0.4 is 9.62 Å². The zero-order valence-electron chi connectivity index (χ0n) is 15.5. The molecular weight excluding hydrogens is 362 g/mol. The molecule has 2 aromatic carbocycles. The average Bonchev–Trinajstić information content (AvgIpc) is 3.28. The van der Waals surface area contributed by atoms with Gasteiger partial charge in [0.15, 0.2) is 5.58 Å². The van der Waals surface area contributed by atoms with Crippen LogP contribution in [0.2, 0.25) is 0 Å². The smallest absolute Gasteiger partial charge is 0.298 e. The molecule has 7 heteroatoms. The number of nitrogens with zero attached hydrogens (tertiary/aromatic N) is 2. The van der Waals surface area contributed by atoms with Gasteiger partial charge < -0.3 is 9.32 Å². The monoisotopic (exact) mass is 385 g/mol. The summed E-state index contributed by atoms with van der Waals surface area (Å²) < 4.78 is 34.0. The molecular formula is C20H23N3O3S. The predicted molar refractivity (Wildman–Crippen MR) is 105 cm³/mol. The first kappa shape index (κ1) is 18.0. The lowest BCUT2D eigenvalue weighted by Gasteiger charge is -2.23. The summed E-state index contributed by atoms with van der Waals surface area (Å²) in [6.07, 6.45) is 1.88. The highest BCUT2D eigenvalue weighted by Crippen LogP contribution is 2.28. The van der Waals surface area contributed by atoms with E-state index < -0.39 is 10.0 Å².